The highest BCUT2D eigenvalue weighted by Crippen LogP contribution is 2.23. The molecule has 0 saturated heterocycles. The van der Waals surface area contributed by atoms with Gasteiger partial charge in [-0.15, -0.1) is 11.6 Å². The normalized spacial score (nSPS) is 12.2. The molecule has 0 aromatic heterocycles. The number of hydrogen-bond donors (Lipinski definition) is 1. The third-order valence-corrected chi connectivity index (χ3v) is 2.62. The number of aliphatic carboxylic acids is 1. The first-order valence-electron chi connectivity index (χ1n) is 5.15. The average Bonchev–Trinajstić information content (AvgIpc) is 2.28. The Balaban J connectivity index is 2.95. The summed E-state index contributed by atoms with van der Waals surface area (Å²) in [6.07, 6.45) is 0.00878. The molecule has 16 heavy (non-hydrogen) atoms. The van der Waals surface area contributed by atoms with Crippen molar-refractivity contribution >= 4 is 17.6 Å². The maximum Gasteiger partial charge on any atom is 0.344 e. The summed E-state index contributed by atoms with van der Waals surface area (Å²) in [5, 5.41) is 8.78. The topological polar surface area (TPSA) is 46.5 Å². The van der Waals surface area contributed by atoms with Crippen molar-refractivity contribution in [3.63, 3.8) is 0 Å². The van der Waals surface area contributed by atoms with Gasteiger partial charge < -0.3 is 9.84 Å². The third kappa shape index (κ3) is 3.14. The van der Waals surface area contributed by atoms with Crippen LogP contribution in [-0.2, 0) is 17.1 Å². The number of carboxylic acids is 1. The quantitative estimate of drug-likeness (QED) is 0.808. The first-order chi connectivity index (χ1) is 7.58. The Hall–Kier alpha value is -1.22. The minimum atomic E-state index is -0.984. The van der Waals surface area contributed by atoms with E-state index >= 15 is 0 Å². The molecule has 1 atom stereocenters. The Morgan fingerprint density at radius 3 is 2.75 bits per heavy atom. The van der Waals surface area contributed by atoms with Crippen molar-refractivity contribution in [2.75, 3.05) is 0 Å². The SMILES string of the molecule is CCc1ccc(CCl)c(OC(C)C(=O)O)c1. The van der Waals surface area contributed by atoms with Crippen LogP contribution in [0.4, 0.5) is 0 Å². The van der Waals surface area contributed by atoms with Gasteiger partial charge in [0.1, 0.15) is 5.75 Å². The standard InChI is InChI=1S/C12H15ClO3/c1-3-9-4-5-10(7-13)11(6-9)16-8(2)12(14)15/h4-6,8H,3,7H2,1-2H3,(H,14,15). The van der Waals surface area contributed by atoms with Crippen molar-refractivity contribution in [3.05, 3.63) is 29.3 Å². The summed E-state index contributed by atoms with van der Waals surface area (Å²) in [5.74, 6) is -0.113. The molecular formula is C12H15ClO3. The van der Waals surface area contributed by atoms with Crippen LogP contribution in [0.1, 0.15) is 25.0 Å². The maximum absolute atomic E-state index is 10.7. The van der Waals surface area contributed by atoms with E-state index in [9.17, 15) is 4.79 Å². The number of aryl methyl sites for hydroxylation is 1. The van der Waals surface area contributed by atoms with Crippen molar-refractivity contribution in [1.29, 1.82) is 0 Å². The van der Waals surface area contributed by atoms with E-state index in [0.717, 1.165) is 17.5 Å². The second-order valence-electron chi connectivity index (χ2n) is 3.53. The van der Waals surface area contributed by atoms with E-state index in [4.69, 9.17) is 21.4 Å². The summed E-state index contributed by atoms with van der Waals surface area (Å²) in [6.45, 7) is 3.53. The summed E-state index contributed by atoms with van der Waals surface area (Å²) in [6, 6.07) is 5.68. The summed E-state index contributed by atoms with van der Waals surface area (Å²) >= 11 is 5.76. The van der Waals surface area contributed by atoms with Gasteiger partial charge >= 0.3 is 5.97 Å². The van der Waals surface area contributed by atoms with Gasteiger partial charge in [-0.2, -0.15) is 0 Å². The Morgan fingerprint density at radius 1 is 1.56 bits per heavy atom. The Morgan fingerprint density at radius 2 is 2.25 bits per heavy atom. The molecular weight excluding hydrogens is 228 g/mol. The Labute approximate surface area is 100.0 Å². The lowest BCUT2D eigenvalue weighted by Crippen LogP contribution is -2.23. The molecule has 0 radical (unpaired) electrons. The monoisotopic (exact) mass is 242 g/mol. The number of carboxylic acid groups (broad SMARTS) is 1. The van der Waals surface area contributed by atoms with Gasteiger partial charge in [-0.05, 0) is 25.0 Å². The van der Waals surface area contributed by atoms with Crippen LogP contribution < -0.4 is 4.74 Å². The number of ether oxygens (including phenoxy) is 1. The largest absolute Gasteiger partial charge is 0.479 e. The van der Waals surface area contributed by atoms with E-state index in [2.05, 4.69) is 0 Å². The number of rotatable bonds is 5. The predicted molar refractivity (Wildman–Crippen MR) is 63.1 cm³/mol. The molecule has 1 aromatic rings. The molecule has 0 aliphatic rings. The molecule has 3 nitrogen and oxygen atoms in total. The van der Waals surface area contributed by atoms with E-state index in [1.807, 2.05) is 25.1 Å². The first kappa shape index (κ1) is 12.8. The van der Waals surface area contributed by atoms with Gasteiger partial charge in [0.15, 0.2) is 6.10 Å². The molecule has 0 aliphatic heterocycles. The minimum absolute atomic E-state index is 0.311. The second kappa shape index (κ2) is 5.75. The molecule has 0 spiro atoms. The maximum atomic E-state index is 10.7. The second-order valence-corrected chi connectivity index (χ2v) is 3.79. The van der Waals surface area contributed by atoms with Crippen LogP contribution in [0, 0.1) is 0 Å². The van der Waals surface area contributed by atoms with Gasteiger partial charge in [0.25, 0.3) is 0 Å². The number of carbonyl (C=O) groups is 1. The number of benzene rings is 1. The molecule has 0 bridgehead atoms. The van der Waals surface area contributed by atoms with Crippen LogP contribution in [-0.4, -0.2) is 17.2 Å². The van der Waals surface area contributed by atoms with E-state index in [1.54, 1.807) is 0 Å². The molecule has 0 aliphatic carbocycles. The average molecular weight is 243 g/mol. The molecule has 1 unspecified atom stereocenters. The molecule has 1 aromatic carbocycles. The molecule has 0 amide bonds. The van der Waals surface area contributed by atoms with Gasteiger partial charge in [-0.1, -0.05) is 19.1 Å². The molecule has 1 N–H and O–H groups in total. The lowest BCUT2D eigenvalue weighted by atomic mass is 10.1. The summed E-state index contributed by atoms with van der Waals surface area (Å²) in [7, 11) is 0. The highest BCUT2D eigenvalue weighted by atomic mass is 35.5. The summed E-state index contributed by atoms with van der Waals surface area (Å²) in [5.41, 5.74) is 1.91. The highest BCUT2D eigenvalue weighted by Gasteiger charge is 2.14. The lowest BCUT2D eigenvalue weighted by molar-refractivity contribution is -0.144. The molecule has 0 heterocycles. The third-order valence-electron chi connectivity index (χ3n) is 2.34. The summed E-state index contributed by atoms with van der Waals surface area (Å²) < 4.78 is 5.36. The molecule has 88 valence electrons. The van der Waals surface area contributed by atoms with Crippen molar-refractivity contribution in [3.8, 4) is 5.75 Å². The lowest BCUT2D eigenvalue weighted by Gasteiger charge is -2.14. The van der Waals surface area contributed by atoms with Crippen molar-refractivity contribution in [2.24, 2.45) is 0 Å². The Kier molecular flexibility index (Phi) is 4.62. The predicted octanol–water partition coefficient (Wildman–Crippen LogP) is 2.84. The van der Waals surface area contributed by atoms with Crippen LogP contribution in [0.15, 0.2) is 18.2 Å². The number of alkyl halides is 1. The highest BCUT2D eigenvalue weighted by molar-refractivity contribution is 6.17. The van der Waals surface area contributed by atoms with Crippen LogP contribution in [0.3, 0.4) is 0 Å². The fourth-order valence-corrected chi connectivity index (χ4v) is 1.50. The minimum Gasteiger partial charge on any atom is -0.479 e. The van der Waals surface area contributed by atoms with E-state index in [-0.39, 0.29) is 0 Å². The fraction of sp³-hybridized carbons (Fsp3) is 0.417. The van der Waals surface area contributed by atoms with Gasteiger partial charge in [0, 0.05) is 5.56 Å². The number of halogens is 1. The van der Waals surface area contributed by atoms with E-state index in [0.29, 0.717) is 11.6 Å². The van der Waals surface area contributed by atoms with Crippen LogP contribution in [0.2, 0.25) is 0 Å². The van der Waals surface area contributed by atoms with Gasteiger partial charge in [-0.3, -0.25) is 0 Å². The van der Waals surface area contributed by atoms with Crippen molar-refractivity contribution in [1.82, 2.24) is 0 Å². The van der Waals surface area contributed by atoms with Crippen molar-refractivity contribution in [2.45, 2.75) is 32.3 Å². The zero-order valence-electron chi connectivity index (χ0n) is 9.37. The Bertz CT molecular complexity index is 377. The van der Waals surface area contributed by atoms with Crippen LogP contribution in [0.25, 0.3) is 0 Å². The number of hydrogen-bond acceptors (Lipinski definition) is 2. The van der Waals surface area contributed by atoms with Gasteiger partial charge in [-0.25, -0.2) is 4.79 Å². The fourth-order valence-electron chi connectivity index (χ4n) is 1.28. The molecule has 1 rings (SSSR count). The molecule has 0 fully saturated rings. The van der Waals surface area contributed by atoms with Gasteiger partial charge in [0.2, 0.25) is 0 Å². The zero-order chi connectivity index (χ0) is 12.1. The van der Waals surface area contributed by atoms with Crippen LogP contribution in [0.5, 0.6) is 5.75 Å². The van der Waals surface area contributed by atoms with E-state index in [1.165, 1.54) is 6.92 Å². The summed E-state index contributed by atoms with van der Waals surface area (Å²) in [4.78, 5) is 10.7. The van der Waals surface area contributed by atoms with Crippen LogP contribution >= 0.6 is 11.6 Å². The van der Waals surface area contributed by atoms with E-state index < -0.39 is 12.1 Å². The molecule has 0 saturated carbocycles. The zero-order valence-corrected chi connectivity index (χ0v) is 10.1. The van der Waals surface area contributed by atoms with Gasteiger partial charge in [0.05, 0.1) is 5.88 Å². The first-order valence-corrected chi connectivity index (χ1v) is 5.69. The molecule has 4 heteroatoms. The smallest absolute Gasteiger partial charge is 0.344 e. The van der Waals surface area contributed by atoms with Crippen molar-refractivity contribution < 1.29 is 14.6 Å².